The summed E-state index contributed by atoms with van der Waals surface area (Å²) in [6.07, 6.45) is 0. The molecule has 0 saturated carbocycles. The van der Waals surface area contributed by atoms with Crippen LogP contribution in [0.2, 0.25) is 0 Å². The van der Waals surface area contributed by atoms with Crippen molar-refractivity contribution in [3.63, 3.8) is 0 Å². The molecule has 0 fully saturated rings. The Balaban J connectivity index is 1.87. The Morgan fingerprint density at radius 1 is 0.575 bits per heavy atom. The van der Waals surface area contributed by atoms with Gasteiger partial charge in [-0.25, -0.2) is 0 Å². The van der Waals surface area contributed by atoms with Crippen LogP contribution in [0.4, 0.5) is 13.2 Å². The van der Waals surface area contributed by atoms with Gasteiger partial charge in [-0.1, -0.05) is 0 Å². The zero-order valence-corrected chi connectivity index (χ0v) is 23.7. The summed E-state index contributed by atoms with van der Waals surface area (Å²) in [6, 6.07) is 13.4. The maximum absolute atomic E-state index is 13.6. The summed E-state index contributed by atoms with van der Waals surface area (Å²) in [7, 11) is 0. The minimum absolute atomic E-state index is 0.0719. The molecule has 3 aromatic carbocycles. The first-order valence-corrected chi connectivity index (χ1v) is 15.0. The third kappa shape index (κ3) is 5.95. The van der Waals surface area contributed by atoms with Gasteiger partial charge in [0.2, 0.25) is 0 Å². The summed E-state index contributed by atoms with van der Waals surface area (Å²) >= 11 is -5.58. The van der Waals surface area contributed by atoms with Crippen LogP contribution >= 0.6 is 0 Å². The van der Waals surface area contributed by atoms with E-state index in [0.717, 1.165) is 47.5 Å². The molecule has 1 unspecified atom stereocenters. The van der Waals surface area contributed by atoms with Gasteiger partial charge in [-0.15, -0.1) is 0 Å². The summed E-state index contributed by atoms with van der Waals surface area (Å²) in [4.78, 5) is 40.2. The second-order valence-electron chi connectivity index (χ2n) is 9.31. The molecule has 10 heteroatoms. The predicted octanol–water partition coefficient (Wildman–Crippen LogP) is 7.13. The fraction of sp³-hybridized carbons (Fsp3) is 0.167. The van der Waals surface area contributed by atoms with Gasteiger partial charge >= 0.3 is 234 Å². The van der Waals surface area contributed by atoms with Crippen LogP contribution in [0.25, 0.3) is 0 Å². The Bertz CT molecular complexity index is 1380. The monoisotopic (exact) mass is 586 g/mol. The first-order valence-electron chi connectivity index (χ1n) is 12.3. The molecule has 4 rings (SSSR count). The molecule has 1 atom stereocenters. The molecule has 0 radical (unpaired) electrons. The van der Waals surface area contributed by atoms with E-state index in [9.17, 15) is 27.6 Å². The summed E-state index contributed by atoms with van der Waals surface area (Å²) < 4.78 is 58.8. The fourth-order valence-electron chi connectivity index (χ4n) is 4.39. The Morgan fingerprint density at radius 2 is 0.875 bits per heavy atom. The zero-order valence-electron chi connectivity index (χ0n) is 22.1. The second kappa shape index (κ2) is 11.7. The first-order chi connectivity index (χ1) is 18.9. The third-order valence-electron chi connectivity index (χ3n) is 6.89. The van der Waals surface area contributed by atoms with Crippen molar-refractivity contribution in [1.29, 1.82) is 0 Å². The van der Waals surface area contributed by atoms with Crippen LogP contribution in [-0.4, -0.2) is 17.9 Å². The molecule has 0 saturated heterocycles. The van der Waals surface area contributed by atoms with Crippen molar-refractivity contribution in [2.45, 2.75) is 27.7 Å². The van der Waals surface area contributed by atoms with Gasteiger partial charge in [0.05, 0.1) is 0 Å². The number of halogens is 3. The molecule has 1 aliphatic rings. The molecular formula is C30H25F3O6Ti. The third-order valence-corrected chi connectivity index (χ3v) is 11.3. The first kappa shape index (κ1) is 29.0. The second-order valence-corrected chi connectivity index (χ2v) is 12.8. The van der Waals surface area contributed by atoms with Crippen molar-refractivity contribution >= 4 is 17.9 Å². The number of allylic oxidation sites excluding steroid dienone is 4. The quantitative estimate of drug-likeness (QED) is 0.274. The normalized spacial score (nSPS) is 15.2. The molecule has 1 aliphatic carbocycles. The average molecular weight is 586 g/mol. The van der Waals surface area contributed by atoms with Crippen LogP contribution in [0.1, 0.15) is 58.8 Å². The van der Waals surface area contributed by atoms with E-state index in [4.69, 9.17) is 9.96 Å². The molecule has 40 heavy (non-hydrogen) atoms. The van der Waals surface area contributed by atoms with Crippen LogP contribution in [0, 0.1) is 23.4 Å². The van der Waals surface area contributed by atoms with Crippen molar-refractivity contribution < 1.29 is 55.3 Å². The van der Waals surface area contributed by atoms with Crippen molar-refractivity contribution in [2.75, 3.05) is 0 Å². The van der Waals surface area contributed by atoms with Crippen LogP contribution in [0.3, 0.4) is 0 Å². The Kier molecular flexibility index (Phi) is 8.46. The van der Waals surface area contributed by atoms with Crippen LogP contribution in [-0.2, 0) is 27.7 Å². The molecule has 206 valence electrons. The Morgan fingerprint density at radius 3 is 1.12 bits per heavy atom. The van der Waals surface area contributed by atoms with Crippen molar-refractivity contribution in [1.82, 2.24) is 0 Å². The van der Waals surface area contributed by atoms with E-state index < -0.39 is 59.0 Å². The van der Waals surface area contributed by atoms with Gasteiger partial charge in [-0.2, -0.15) is 0 Å². The summed E-state index contributed by atoms with van der Waals surface area (Å²) in [5, 5.41) is 0. The van der Waals surface area contributed by atoms with Gasteiger partial charge in [0, 0.05) is 0 Å². The number of hydrogen-bond donors (Lipinski definition) is 0. The van der Waals surface area contributed by atoms with Crippen molar-refractivity contribution in [3.8, 4) is 0 Å². The summed E-state index contributed by atoms with van der Waals surface area (Å²) in [6.45, 7) is 7.23. The van der Waals surface area contributed by atoms with Gasteiger partial charge in [-0.3, -0.25) is 0 Å². The minimum atomic E-state index is -5.58. The predicted molar refractivity (Wildman–Crippen MR) is 136 cm³/mol. The molecule has 0 amide bonds. The molecular weight excluding hydrogens is 561 g/mol. The van der Waals surface area contributed by atoms with E-state index >= 15 is 0 Å². The topological polar surface area (TPSA) is 78.9 Å². The van der Waals surface area contributed by atoms with Crippen molar-refractivity contribution in [3.05, 3.63) is 128 Å². The number of carbonyl (C=O) groups is 3. The molecule has 0 bridgehead atoms. The molecule has 6 nitrogen and oxygen atoms in total. The standard InChI is InChI=1S/C9H13.3C7H5FO2.Ti/c1-6-5-7(2)9(4)8(6)3;3*8-6-3-1-5(2-4-6)7(9)10;/h6H,1-4H3;3*1-4H,(H,9,10);/q;;;;+3/p-3. The van der Waals surface area contributed by atoms with E-state index in [1.807, 2.05) is 13.8 Å². The number of benzene rings is 3. The molecule has 0 N–H and O–H groups in total. The average Bonchev–Trinajstić information content (AvgIpc) is 3.12. The number of rotatable bonds is 7. The number of hydrogen-bond acceptors (Lipinski definition) is 6. The fourth-order valence-corrected chi connectivity index (χ4v) is 8.97. The Labute approximate surface area is 233 Å². The molecule has 0 heterocycles. The Hall–Kier alpha value is -3.95. The van der Waals surface area contributed by atoms with E-state index in [2.05, 4.69) is 0 Å². The van der Waals surface area contributed by atoms with Gasteiger partial charge < -0.3 is 0 Å². The summed E-state index contributed by atoms with van der Waals surface area (Å²) in [5.41, 5.74) is 2.13. The van der Waals surface area contributed by atoms with E-state index in [1.165, 1.54) is 36.4 Å². The maximum atomic E-state index is 13.6. The number of carbonyl (C=O) groups excluding carboxylic acids is 3. The van der Waals surface area contributed by atoms with Crippen LogP contribution in [0.5, 0.6) is 0 Å². The van der Waals surface area contributed by atoms with Crippen LogP contribution < -0.4 is 0 Å². The molecule has 0 aromatic heterocycles. The molecule has 3 aromatic rings. The van der Waals surface area contributed by atoms with E-state index in [1.54, 1.807) is 13.8 Å². The molecule has 0 aliphatic heterocycles. The van der Waals surface area contributed by atoms with E-state index in [-0.39, 0.29) is 16.7 Å². The van der Waals surface area contributed by atoms with E-state index in [0.29, 0.717) is 9.45 Å². The molecule has 0 spiro atoms. The zero-order chi connectivity index (χ0) is 29.2. The van der Waals surface area contributed by atoms with Gasteiger partial charge in [0.25, 0.3) is 0 Å². The van der Waals surface area contributed by atoms with Gasteiger partial charge in [-0.05, 0) is 0 Å². The summed E-state index contributed by atoms with van der Waals surface area (Å²) in [5.74, 6) is -5.23. The van der Waals surface area contributed by atoms with Crippen molar-refractivity contribution in [2.24, 2.45) is 5.92 Å². The SMILES string of the molecule is CC1=C(C)C(C)[C]([Ti]([O]C(=O)c2ccc(F)cc2)([O]C(=O)c2ccc(F)cc2)[O]C(=O)c2ccc(F)cc2)=C1C. The van der Waals surface area contributed by atoms with Crippen LogP contribution in [0.15, 0.2) is 93.4 Å². The van der Waals surface area contributed by atoms with Gasteiger partial charge in [0.15, 0.2) is 0 Å². The van der Waals surface area contributed by atoms with Gasteiger partial charge in [0.1, 0.15) is 0 Å².